The van der Waals surface area contributed by atoms with E-state index in [4.69, 9.17) is 14.2 Å². The first-order valence-electron chi connectivity index (χ1n) is 5.81. The van der Waals surface area contributed by atoms with Crippen molar-refractivity contribution in [2.75, 3.05) is 26.9 Å². The zero-order valence-electron chi connectivity index (χ0n) is 10.0. The maximum atomic E-state index is 5.76. The van der Waals surface area contributed by atoms with E-state index in [9.17, 15) is 0 Å². The van der Waals surface area contributed by atoms with Crippen LogP contribution in [0.4, 0.5) is 0 Å². The number of ether oxygens (including phenoxy) is 3. The van der Waals surface area contributed by atoms with Crippen LogP contribution in [0.3, 0.4) is 0 Å². The summed E-state index contributed by atoms with van der Waals surface area (Å²) >= 11 is 3.47. The van der Waals surface area contributed by atoms with Gasteiger partial charge < -0.3 is 14.2 Å². The largest absolute Gasteiger partial charge is 0.493 e. The van der Waals surface area contributed by atoms with E-state index in [1.807, 2.05) is 0 Å². The molecular weight excluding hydrogens is 284 g/mol. The first kappa shape index (κ1) is 12.7. The highest BCUT2D eigenvalue weighted by molar-refractivity contribution is 9.08. The van der Waals surface area contributed by atoms with Gasteiger partial charge in [-0.2, -0.15) is 0 Å². The number of fused-ring (bicyclic) bond motifs is 1. The van der Waals surface area contributed by atoms with E-state index in [1.54, 1.807) is 7.11 Å². The van der Waals surface area contributed by atoms with Crippen LogP contribution >= 0.6 is 15.9 Å². The minimum Gasteiger partial charge on any atom is -0.493 e. The Labute approximate surface area is 110 Å². The van der Waals surface area contributed by atoms with Crippen LogP contribution in [0, 0.1) is 0 Å². The standard InChI is InChI=1S/C13H17BrO3/c1-15-5-6-17-13-8-10(9-14)7-12-11(13)3-2-4-16-12/h7-8H,2-6,9H2,1H3. The first-order chi connectivity index (χ1) is 8.35. The van der Waals surface area contributed by atoms with E-state index in [0.29, 0.717) is 13.2 Å². The number of hydrogen-bond acceptors (Lipinski definition) is 3. The van der Waals surface area contributed by atoms with Gasteiger partial charge in [0.15, 0.2) is 0 Å². The number of halogens is 1. The molecule has 0 bridgehead atoms. The average Bonchev–Trinajstić information content (AvgIpc) is 2.38. The number of rotatable bonds is 5. The molecule has 0 aliphatic carbocycles. The Morgan fingerprint density at radius 2 is 2.24 bits per heavy atom. The van der Waals surface area contributed by atoms with E-state index in [-0.39, 0.29) is 0 Å². The SMILES string of the molecule is COCCOc1cc(CBr)cc2c1CCCO2. The molecule has 0 saturated heterocycles. The molecule has 94 valence electrons. The molecule has 2 rings (SSSR count). The van der Waals surface area contributed by atoms with Gasteiger partial charge in [-0.3, -0.25) is 0 Å². The highest BCUT2D eigenvalue weighted by atomic mass is 79.9. The predicted octanol–water partition coefficient (Wildman–Crippen LogP) is 2.93. The highest BCUT2D eigenvalue weighted by Gasteiger charge is 2.16. The van der Waals surface area contributed by atoms with Crippen molar-refractivity contribution in [1.82, 2.24) is 0 Å². The van der Waals surface area contributed by atoms with Crippen molar-refractivity contribution >= 4 is 15.9 Å². The summed E-state index contributed by atoms with van der Waals surface area (Å²) in [5.41, 5.74) is 2.37. The lowest BCUT2D eigenvalue weighted by molar-refractivity contribution is 0.145. The molecule has 17 heavy (non-hydrogen) atoms. The zero-order chi connectivity index (χ0) is 12.1. The Bertz CT molecular complexity index is 379. The highest BCUT2D eigenvalue weighted by Crippen LogP contribution is 2.35. The van der Waals surface area contributed by atoms with Crippen LogP contribution in [0.5, 0.6) is 11.5 Å². The van der Waals surface area contributed by atoms with E-state index in [2.05, 4.69) is 28.1 Å². The lowest BCUT2D eigenvalue weighted by atomic mass is 10.0. The zero-order valence-corrected chi connectivity index (χ0v) is 11.6. The summed E-state index contributed by atoms with van der Waals surface area (Å²) < 4.78 is 16.4. The van der Waals surface area contributed by atoms with Crippen molar-refractivity contribution < 1.29 is 14.2 Å². The molecular formula is C13H17BrO3. The fourth-order valence-electron chi connectivity index (χ4n) is 1.92. The molecule has 0 radical (unpaired) electrons. The van der Waals surface area contributed by atoms with E-state index in [1.165, 1.54) is 11.1 Å². The molecule has 4 heteroatoms. The lowest BCUT2D eigenvalue weighted by Gasteiger charge is -2.21. The van der Waals surface area contributed by atoms with Gasteiger partial charge in [0.1, 0.15) is 18.1 Å². The van der Waals surface area contributed by atoms with E-state index < -0.39 is 0 Å². The molecule has 1 aliphatic heterocycles. The third kappa shape index (κ3) is 3.13. The normalized spacial score (nSPS) is 14.0. The van der Waals surface area contributed by atoms with Crippen molar-refractivity contribution in [2.45, 2.75) is 18.2 Å². The fraction of sp³-hybridized carbons (Fsp3) is 0.538. The van der Waals surface area contributed by atoms with E-state index >= 15 is 0 Å². The Balaban J connectivity index is 2.21. The van der Waals surface area contributed by atoms with Gasteiger partial charge in [-0.15, -0.1) is 0 Å². The van der Waals surface area contributed by atoms with Crippen molar-refractivity contribution in [1.29, 1.82) is 0 Å². The molecule has 0 unspecified atom stereocenters. The van der Waals surface area contributed by atoms with Gasteiger partial charge in [0.05, 0.1) is 13.2 Å². The van der Waals surface area contributed by atoms with Crippen LogP contribution in [-0.2, 0) is 16.5 Å². The molecule has 0 saturated carbocycles. The summed E-state index contributed by atoms with van der Waals surface area (Å²) in [5, 5.41) is 0.810. The maximum absolute atomic E-state index is 5.76. The van der Waals surface area contributed by atoms with Crippen molar-refractivity contribution in [2.24, 2.45) is 0 Å². The van der Waals surface area contributed by atoms with Gasteiger partial charge in [0.25, 0.3) is 0 Å². The summed E-state index contributed by atoms with van der Waals surface area (Å²) in [5.74, 6) is 1.91. The molecule has 3 nitrogen and oxygen atoms in total. The Morgan fingerprint density at radius 3 is 3.00 bits per heavy atom. The van der Waals surface area contributed by atoms with Crippen LogP contribution in [0.2, 0.25) is 0 Å². The molecule has 0 amide bonds. The number of methoxy groups -OCH3 is 1. The second kappa shape index (κ2) is 6.26. The van der Waals surface area contributed by atoms with Crippen molar-refractivity contribution in [3.8, 4) is 11.5 Å². The topological polar surface area (TPSA) is 27.7 Å². The summed E-state index contributed by atoms with van der Waals surface area (Å²) in [6.07, 6.45) is 2.08. The van der Waals surface area contributed by atoms with Crippen LogP contribution in [0.15, 0.2) is 12.1 Å². The fourth-order valence-corrected chi connectivity index (χ4v) is 2.24. The van der Waals surface area contributed by atoms with Crippen LogP contribution in [0.1, 0.15) is 17.5 Å². The monoisotopic (exact) mass is 300 g/mol. The third-order valence-corrected chi connectivity index (χ3v) is 3.40. The molecule has 0 fully saturated rings. The molecule has 0 atom stereocenters. The summed E-state index contributed by atoms with van der Waals surface area (Å²) in [6, 6.07) is 4.17. The first-order valence-corrected chi connectivity index (χ1v) is 6.93. The maximum Gasteiger partial charge on any atom is 0.126 e. The minimum atomic E-state index is 0.578. The minimum absolute atomic E-state index is 0.578. The van der Waals surface area contributed by atoms with Crippen molar-refractivity contribution in [3.63, 3.8) is 0 Å². The summed E-state index contributed by atoms with van der Waals surface area (Å²) in [7, 11) is 1.68. The number of alkyl halides is 1. The molecule has 1 heterocycles. The molecule has 1 aromatic rings. The average molecular weight is 301 g/mol. The smallest absolute Gasteiger partial charge is 0.126 e. The molecule has 0 aromatic heterocycles. The van der Waals surface area contributed by atoms with Gasteiger partial charge in [0.2, 0.25) is 0 Å². The molecule has 1 aromatic carbocycles. The third-order valence-electron chi connectivity index (χ3n) is 2.76. The molecule has 1 aliphatic rings. The Morgan fingerprint density at radius 1 is 1.35 bits per heavy atom. The van der Waals surface area contributed by atoms with Gasteiger partial charge in [-0.05, 0) is 30.5 Å². The van der Waals surface area contributed by atoms with Crippen LogP contribution in [-0.4, -0.2) is 26.9 Å². The second-order valence-corrected chi connectivity index (χ2v) is 4.56. The number of benzene rings is 1. The summed E-state index contributed by atoms with van der Waals surface area (Å²) in [6.45, 7) is 1.99. The summed E-state index contributed by atoms with van der Waals surface area (Å²) in [4.78, 5) is 0. The second-order valence-electron chi connectivity index (χ2n) is 4.00. The predicted molar refractivity (Wildman–Crippen MR) is 70.3 cm³/mol. The molecule has 0 N–H and O–H groups in total. The van der Waals surface area contributed by atoms with Crippen LogP contribution in [0.25, 0.3) is 0 Å². The van der Waals surface area contributed by atoms with E-state index in [0.717, 1.165) is 36.3 Å². The number of hydrogen-bond donors (Lipinski definition) is 0. The van der Waals surface area contributed by atoms with Gasteiger partial charge in [-0.25, -0.2) is 0 Å². The van der Waals surface area contributed by atoms with Gasteiger partial charge >= 0.3 is 0 Å². The Kier molecular flexibility index (Phi) is 4.68. The Hall–Kier alpha value is -0.740. The van der Waals surface area contributed by atoms with Crippen LogP contribution < -0.4 is 9.47 Å². The lowest BCUT2D eigenvalue weighted by Crippen LogP contribution is -2.12. The van der Waals surface area contributed by atoms with Gasteiger partial charge in [0, 0.05) is 18.0 Å². The van der Waals surface area contributed by atoms with Gasteiger partial charge in [-0.1, -0.05) is 15.9 Å². The quantitative estimate of drug-likeness (QED) is 0.618. The van der Waals surface area contributed by atoms with Crippen molar-refractivity contribution in [3.05, 3.63) is 23.3 Å². The molecule has 0 spiro atoms.